The molecule has 0 amide bonds. The lowest BCUT2D eigenvalue weighted by Gasteiger charge is -2.49. The van der Waals surface area contributed by atoms with Crippen LogP contribution in [-0.4, -0.2) is 206 Å². The maximum atomic E-state index is 14.8. The van der Waals surface area contributed by atoms with Gasteiger partial charge in [-0.15, -0.1) is 5.10 Å². The van der Waals surface area contributed by atoms with Gasteiger partial charge in [-0.2, -0.15) is 0 Å². The summed E-state index contributed by atoms with van der Waals surface area (Å²) in [6.07, 6.45) is -4.64. The van der Waals surface area contributed by atoms with Gasteiger partial charge in [0, 0.05) is 64.3 Å². The number of alkyl halides is 1. The van der Waals surface area contributed by atoms with E-state index in [2.05, 4.69) is 10.3 Å². The fourth-order valence-electron chi connectivity index (χ4n) is 11.5. The van der Waals surface area contributed by atoms with Gasteiger partial charge in [-0.25, -0.2) is 9.07 Å². The molecule has 19 nitrogen and oxygen atoms in total. The van der Waals surface area contributed by atoms with Crippen LogP contribution < -0.4 is 0 Å². The molecule has 1 aromatic heterocycles. The van der Waals surface area contributed by atoms with Gasteiger partial charge in [-0.3, -0.25) is 4.79 Å². The molecule has 422 valence electrons. The number of aliphatic hydroxyl groups is 6. The largest absolute Gasteiger partial charge is 0.459 e. The summed E-state index contributed by atoms with van der Waals surface area (Å²) >= 11 is 0. The standard InChI is InChI=1S/C54H90FN5O14/c1-15-42-54(10,67)47(63)35(6)59(12)29-31(2)26-52(8,66)49(33(4)45(34(5)50(65)72-42)73-43-27-53(9,69-14)48(64)36(7)71-43)74-51-44(62)40(25-32(3)70-51)58(11)23-22-39-30-60(57-56-39)41(28-55)46(68-13)38-20-18-37(19-21-38)17-16-24-61/h16-21,30-36,40-49,51,61-64,66-67H,15,22-29H2,1-14H3/b17-16+/t31-,32-,33+,34-,35-,36+,40+,41-,42-,43+,44-,45+,46-,47-,48+,49-,51+,52-,53-,54-/m1/s1. The molecule has 2 aromatic rings. The van der Waals surface area contributed by atoms with Gasteiger partial charge < -0.3 is 73.6 Å². The van der Waals surface area contributed by atoms with Gasteiger partial charge in [0.1, 0.15) is 48.8 Å². The van der Waals surface area contributed by atoms with Crippen LogP contribution in [0.4, 0.5) is 4.39 Å². The molecule has 5 rings (SSSR count). The number of carbonyl (C=O) groups excluding carboxylic acids is 1. The van der Waals surface area contributed by atoms with E-state index in [1.54, 1.807) is 66.8 Å². The Morgan fingerprint density at radius 2 is 1.66 bits per heavy atom. The van der Waals surface area contributed by atoms with Crippen molar-refractivity contribution in [3.05, 3.63) is 53.4 Å². The summed E-state index contributed by atoms with van der Waals surface area (Å²) in [5.41, 5.74) is -2.37. The Labute approximate surface area is 438 Å². The van der Waals surface area contributed by atoms with E-state index < -0.39 is 127 Å². The minimum absolute atomic E-state index is 0.0806. The summed E-state index contributed by atoms with van der Waals surface area (Å²) in [6.45, 7) is 17.4. The second-order valence-electron chi connectivity index (χ2n) is 22.3. The number of halogens is 1. The first-order valence-electron chi connectivity index (χ1n) is 26.4. The third-order valence-corrected chi connectivity index (χ3v) is 16.2. The molecular formula is C54H90FN5O14. The number of likely N-dealkylation sites (N-methyl/N-ethyl adjacent to an activating group) is 2. The van der Waals surface area contributed by atoms with E-state index in [-0.39, 0.29) is 31.8 Å². The van der Waals surface area contributed by atoms with Gasteiger partial charge >= 0.3 is 5.97 Å². The number of aromatic nitrogens is 3. The Morgan fingerprint density at radius 3 is 2.27 bits per heavy atom. The quantitative estimate of drug-likeness (QED) is 0.123. The molecule has 1 aromatic carbocycles. The molecule has 3 aliphatic rings. The van der Waals surface area contributed by atoms with E-state index in [1.165, 1.54) is 25.8 Å². The number of benzene rings is 1. The highest BCUT2D eigenvalue weighted by molar-refractivity contribution is 5.73. The van der Waals surface area contributed by atoms with Gasteiger partial charge in [0.2, 0.25) is 0 Å². The van der Waals surface area contributed by atoms with Crippen LogP contribution in [0.1, 0.15) is 124 Å². The average Bonchev–Trinajstić information content (AvgIpc) is 3.83. The SMILES string of the molecule is CC[C@H]1OC(=O)[C@H](C)[C@@H](O[C@H]2C[C@@](C)(OC)[C@@H](O)[C@H](C)O2)[C@H](C)[C@@H](O[C@@H]2O[C@H](C)C[C@H](N(C)CCc3cn([C@H](CF)[C@H](OC)c4ccc(/C=C/CO)cc4)nn3)[C@H]2O)[C@](C)(O)C[C@@H](C)CN(C)[C@H](C)[C@@H](O)[C@]1(C)O. The predicted octanol–water partition coefficient (Wildman–Crippen LogP) is 4.01. The summed E-state index contributed by atoms with van der Waals surface area (Å²) in [5, 5.41) is 77.6. The topological polar surface area (TPSA) is 240 Å². The number of rotatable bonds is 17. The zero-order chi connectivity index (χ0) is 55.0. The molecule has 3 aliphatic heterocycles. The van der Waals surface area contributed by atoms with Crippen LogP contribution in [-0.2, 0) is 44.4 Å². The van der Waals surface area contributed by atoms with Gasteiger partial charge in [0.15, 0.2) is 12.6 Å². The van der Waals surface area contributed by atoms with Crippen molar-refractivity contribution in [2.24, 2.45) is 17.8 Å². The fraction of sp³-hybridized carbons (Fsp3) is 0.796. The molecule has 20 atom stereocenters. The van der Waals surface area contributed by atoms with Crippen molar-refractivity contribution in [3.8, 4) is 0 Å². The van der Waals surface area contributed by atoms with Crippen LogP contribution in [0, 0.1) is 17.8 Å². The Hall–Kier alpha value is -3.06. The number of nitrogens with zero attached hydrogens (tertiary/aromatic N) is 5. The number of aliphatic hydroxyl groups excluding tert-OH is 4. The van der Waals surface area contributed by atoms with Crippen LogP contribution in [0.5, 0.6) is 0 Å². The number of esters is 1. The van der Waals surface area contributed by atoms with Crippen LogP contribution in [0.15, 0.2) is 36.5 Å². The fourth-order valence-corrected chi connectivity index (χ4v) is 11.5. The number of cyclic esters (lactones) is 1. The van der Waals surface area contributed by atoms with Crippen LogP contribution in [0.2, 0.25) is 0 Å². The molecule has 0 aliphatic carbocycles. The summed E-state index contributed by atoms with van der Waals surface area (Å²) in [5.74, 6) is -2.89. The first-order chi connectivity index (χ1) is 34.8. The van der Waals surface area contributed by atoms with E-state index in [9.17, 15) is 34.7 Å². The number of hydrogen-bond acceptors (Lipinski definition) is 18. The third kappa shape index (κ3) is 14.5. The molecule has 20 heteroatoms. The van der Waals surface area contributed by atoms with Gasteiger partial charge in [-0.1, -0.05) is 62.4 Å². The lowest BCUT2D eigenvalue weighted by atomic mass is 9.77. The van der Waals surface area contributed by atoms with Crippen LogP contribution in [0.3, 0.4) is 0 Å². The number of hydrogen-bond donors (Lipinski definition) is 6. The highest BCUT2D eigenvalue weighted by atomic mass is 19.1. The lowest BCUT2D eigenvalue weighted by Crippen LogP contribution is -2.61. The van der Waals surface area contributed by atoms with Crippen molar-refractivity contribution in [1.29, 1.82) is 0 Å². The molecule has 0 bridgehead atoms. The average molecular weight is 1050 g/mol. The summed E-state index contributed by atoms with van der Waals surface area (Å²) in [7, 11) is 6.72. The van der Waals surface area contributed by atoms with E-state index in [0.29, 0.717) is 31.6 Å². The Kier molecular flexibility index (Phi) is 22.2. The first-order valence-corrected chi connectivity index (χ1v) is 26.4. The van der Waals surface area contributed by atoms with Crippen molar-refractivity contribution < 1.29 is 73.0 Å². The van der Waals surface area contributed by atoms with Crippen molar-refractivity contribution in [1.82, 2.24) is 24.8 Å². The lowest BCUT2D eigenvalue weighted by molar-refractivity contribution is -0.318. The highest BCUT2D eigenvalue weighted by Crippen LogP contribution is 2.41. The number of ether oxygens (including phenoxy) is 7. The van der Waals surface area contributed by atoms with Gasteiger partial charge in [0.25, 0.3) is 0 Å². The van der Waals surface area contributed by atoms with E-state index in [1.807, 2.05) is 62.0 Å². The van der Waals surface area contributed by atoms with Crippen molar-refractivity contribution in [2.75, 3.05) is 54.7 Å². The summed E-state index contributed by atoms with van der Waals surface area (Å²) < 4.78 is 60.3. The van der Waals surface area contributed by atoms with Crippen molar-refractivity contribution >= 4 is 12.0 Å². The second kappa shape index (κ2) is 26.5. The van der Waals surface area contributed by atoms with E-state index >= 15 is 0 Å². The minimum atomic E-state index is -1.85. The smallest absolute Gasteiger partial charge is 0.311 e. The Bertz CT molecular complexity index is 2070. The maximum Gasteiger partial charge on any atom is 0.311 e. The van der Waals surface area contributed by atoms with Gasteiger partial charge in [-0.05, 0) is 98.9 Å². The molecule has 3 saturated heterocycles. The predicted molar refractivity (Wildman–Crippen MR) is 274 cm³/mol. The van der Waals surface area contributed by atoms with Crippen LogP contribution >= 0.6 is 0 Å². The number of carbonyl (C=O) groups is 1. The first kappa shape index (κ1) is 61.8. The zero-order valence-corrected chi connectivity index (χ0v) is 46.3. The Morgan fingerprint density at radius 1 is 0.986 bits per heavy atom. The monoisotopic (exact) mass is 1050 g/mol. The molecule has 0 spiro atoms. The number of methoxy groups -OCH3 is 2. The molecule has 0 unspecified atom stereocenters. The molecular weight excluding hydrogens is 962 g/mol. The molecule has 3 fully saturated rings. The van der Waals surface area contributed by atoms with E-state index in [4.69, 9.17) is 38.3 Å². The summed E-state index contributed by atoms with van der Waals surface area (Å²) in [4.78, 5) is 18.4. The minimum Gasteiger partial charge on any atom is -0.459 e. The summed E-state index contributed by atoms with van der Waals surface area (Å²) in [6, 6.07) is 5.54. The third-order valence-electron chi connectivity index (χ3n) is 16.2. The molecule has 0 radical (unpaired) electrons. The van der Waals surface area contributed by atoms with E-state index in [0.717, 1.165) is 11.1 Å². The van der Waals surface area contributed by atoms with Gasteiger partial charge in [0.05, 0.1) is 53.8 Å². The Balaban J connectivity index is 1.43. The van der Waals surface area contributed by atoms with Crippen molar-refractivity contribution in [2.45, 2.75) is 204 Å². The molecule has 74 heavy (non-hydrogen) atoms. The molecule has 6 N–H and O–H groups in total. The van der Waals surface area contributed by atoms with Crippen LogP contribution in [0.25, 0.3) is 6.08 Å². The second-order valence-corrected chi connectivity index (χ2v) is 22.3. The zero-order valence-electron chi connectivity index (χ0n) is 46.3. The highest BCUT2D eigenvalue weighted by Gasteiger charge is 2.53. The normalized spacial score (nSPS) is 39.4. The molecule has 4 heterocycles. The van der Waals surface area contributed by atoms with Crippen molar-refractivity contribution in [3.63, 3.8) is 0 Å². The maximum absolute atomic E-state index is 14.8. The molecule has 0 saturated carbocycles.